The lowest BCUT2D eigenvalue weighted by Crippen LogP contribution is -2.13. The molecule has 0 aliphatic carbocycles. The Labute approximate surface area is 186 Å². The third-order valence-corrected chi connectivity index (χ3v) is 4.37. The number of amides is 1. The molecule has 10 heteroatoms. The first kappa shape index (κ1) is 22.5. The molecular formula is C22H15ClFN3O5. The maximum atomic E-state index is 13.9. The highest BCUT2D eigenvalue weighted by Gasteiger charge is 2.20. The van der Waals surface area contributed by atoms with Gasteiger partial charge in [-0.2, -0.15) is 5.26 Å². The van der Waals surface area contributed by atoms with Crippen molar-refractivity contribution in [3.8, 4) is 17.6 Å². The van der Waals surface area contributed by atoms with Crippen LogP contribution in [0.25, 0.3) is 6.08 Å². The molecule has 1 aromatic heterocycles. The lowest BCUT2D eigenvalue weighted by molar-refractivity contribution is -0.112. The average molecular weight is 456 g/mol. The van der Waals surface area contributed by atoms with Crippen molar-refractivity contribution < 1.29 is 28.0 Å². The fourth-order valence-corrected chi connectivity index (χ4v) is 2.88. The van der Waals surface area contributed by atoms with Gasteiger partial charge in [0.1, 0.15) is 23.2 Å². The second-order valence-electron chi connectivity index (χ2n) is 6.35. The van der Waals surface area contributed by atoms with Crippen LogP contribution in [-0.2, 0) is 4.79 Å². The highest BCUT2D eigenvalue weighted by Crippen LogP contribution is 2.37. The lowest BCUT2D eigenvalue weighted by Gasteiger charge is -2.12. The van der Waals surface area contributed by atoms with Gasteiger partial charge in [0.15, 0.2) is 17.3 Å². The van der Waals surface area contributed by atoms with Crippen molar-refractivity contribution in [2.24, 2.45) is 0 Å². The van der Waals surface area contributed by atoms with Gasteiger partial charge in [-0.3, -0.25) is 4.79 Å². The number of anilines is 1. The Morgan fingerprint density at radius 2 is 2.03 bits per heavy atom. The summed E-state index contributed by atoms with van der Waals surface area (Å²) < 4.78 is 29.2. The van der Waals surface area contributed by atoms with Crippen LogP contribution in [0.3, 0.4) is 0 Å². The van der Waals surface area contributed by atoms with E-state index in [9.17, 15) is 19.2 Å². The van der Waals surface area contributed by atoms with Crippen LogP contribution < -0.4 is 14.8 Å². The van der Waals surface area contributed by atoms with E-state index in [1.807, 2.05) is 0 Å². The summed E-state index contributed by atoms with van der Waals surface area (Å²) in [7, 11) is 1.31. The minimum atomic E-state index is -0.966. The zero-order chi connectivity index (χ0) is 23.3. The number of nitrogens with one attached hydrogen (secondary N) is 1. The second-order valence-corrected chi connectivity index (χ2v) is 6.76. The quantitative estimate of drug-likeness (QED) is 0.251. The summed E-state index contributed by atoms with van der Waals surface area (Å²) in [5.74, 6) is -1.89. The van der Waals surface area contributed by atoms with Crippen molar-refractivity contribution in [3.05, 3.63) is 75.8 Å². The largest absolute Gasteiger partial charge is 0.493 e. The molecule has 3 aromatic rings. The molecule has 0 unspecified atom stereocenters. The number of methoxy groups -OCH3 is 1. The molecule has 162 valence electrons. The summed E-state index contributed by atoms with van der Waals surface area (Å²) in [6.07, 6.45) is 1.26. The van der Waals surface area contributed by atoms with Crippen molar-refractivity contribution in [2.45, 2.75) is 6.92 Å². The Hall–Kier alpha value is -4.16. The minimum absolute atomic E-state index is 0.0401. The number of aryl methyl sites for hydroxylation is 1. The summed E-state index contributed by atoms with van der Waals surface area (Å²) in [5.41, 5.74) is -0.207. The van der Waals surface area contributed by atoms with E-state index in [0.717, 1.165) is 6.07 Å². The predicted molar refractivity (Wildman–Crippen MR) is 113 cm³/mol. The number of nitrogens with zero attached hydrogens (tertiary/aromatic N) is 2. The first-order valence-corrected chi connectivity index (χ1v) is 9.41. The predicted octanol–water partition coefficient (Wildman–Crippen LogP) is 4.55. The van der Waals surface area contributed by atoms with Crippen LogP contribution in [0, 0.1) is 24.1 Å². The standard InChI is InChI=1S/C22H15ClFN3O5/c1-12-7-19(27-32-12)26-21(28)14(11-25)8-13-9-16(23)20(18(10-13)30-2)31-22(29)15-5-3-4-6-17(15)24/h3-10H,1-2H3,(H,26,27,28). The van der Waals surface area contributed by atoms with Crippen LogP contribution in [0.15, 0.2) is 52.6 Å². The molecule has 0 radical (unpaired) electrons. The Bertz CT molecular complexity index is 1260. The third kappa shape index (κ3) is 5.11. The van der Waals surface area contributed by atoms with Gasteiger partial charge in [0.05, 0.1) is 17.7 Å². The highest BCUT2D eigenvalue weighted by atomic mass is 35.5. The van der Waals surface area contributed by atoms with Crippen molar-refractivity contribution in [3.63, 3.8) is 0 Å². The number of nitriles is 1. The molecule has 0 fully saturated rings. The molecule has 0 aliphatic heterocycles. The summed E-state index contributed by atoms with van der Waals surface area (Å²) in [6, 6.07) is 11.4. The monoisotopic (exact) mass is 455 g/mol. The van der Waals surface area contributed by atoms with E-state index >= 15 is 0 Å². The van der Waals surface area contributed by atoms with Gasteiger partial charge in [-0.05, 0) is 42.8 Å². The number of hydrogen-bond acceptors (Lipinski definition) is 7. The Morgan fingerprint density at radius 3 is 2.66 bits per heavy atom. The number of benzene rings is 2. The smallest absolute Gasteiger partial charge is 0.346 e. The molecule has 2 aromatic carbocycles. The second kappa shape index (κ2) is 9.76. The number of rotatable bonds is 6. The molecule has 1 heterocycles. The zero-order valence-corrected chi connectivity index (χ0v) is 17.6. The number of ether oxygens (including phenoxy) is 2. The first-order valence-electron chi connectivity index (χ1n) is 9.03. The highest BCUT2D eigenvalue weighted by molar-refractivity contribution is 6.32. The number of aromatic nitrogens is 1. The Morgan fingerprint density at radius 1 is 1.28 bits per heavy atom. The SMILES string of the molecule is COc1cc(C=C(C#N)C(=O)Nc2cc(C)on2)cc(Cl)c1OC(=O)c1ccccc1F. The molecule has 32 heavy (non-hydrogen) atoms. The lowest BCUT2D eigenvalue weighted by atomic mass is 10.1. The van der Waals surface area contributed by atoms with Gasteiger partial charge in [-0.25, -0.2) is 9.18 Å². The molecule has 0 saturated heterocycles. The van der Waals surface area contributed by atoms with Crippen molar-refractivity contribution in [1.82, 2.24) is 5.16 Å². The Kier molecular flexibility index (Phi) is 6.87. The topological polar surface area (TPSA) is 114 Å². The maximum Gasteiger partial charge on any atom is 0.346 e. The summed E-state index contributed by atoms with van der Waals surface area (Å²) in [6.45, 7) is 1.65. The Balaban J connectivity index is 1.88. The maximum absolute atomic E-state index is 13.9. The van der Waals surface area contributed by atoms with E-state index in [1.54, 1.807) is 13.0 Å². The summed E-state index contributed by atoms with van der Waals surface area (Å²) >= 11 is 6.24. The number of hydrogen-bond donors (Lipinski definition) is 1. The fourth-order valence-electron chi connectivity index (χ4n) is 2.62. The summed E-state index contributed by atoms with van der Waals surface area (Å²) in [5, 5.41) is 15.4. The van der Waals surface area contributed by atoms with E-state index in [1.165, 1.54) is 49.6 Å². The average Bonchev–Trinajstić information content (AvgIpc) is 3.18. The van der Waals surface area contributed by atoms with Crippen LogP contribution in [-0.4, -0.2) is 24.1 Å². The molecule has 0 spiro atoms. The summed E-state index contributed by atoms with van der Waals surface area (Å²) in [4.78, 5) is 24.7. The molecule has 0 bridgehead atoms. The zero-order valence-electron chi connectivity index (χ0n) is 16.8. The molecule has 1 N–H and O–H groups in total. The third-order valence-electron chi connectivity index (χ3n) is 4.09. The fraction of sp³-hybridized carbons (Fsp3) is 0.0909. The van der Waals surface area contributed by atoms with Gasteiger partial charge in [0.25, 0.3) is 5.91 Å². The van der Waals surface area contributed by atoms with Gasteiger partial charge >= 0.3 is 5.97 Å². The van der Waals surface area contributed by atoms with E-state index < -0.39 is 17.7 Å². The van der Waals surface area contributed by atoms with Crippen LogP contribution in [0.2, 0.25) is 5.02 Å². The number of carbonyl (C=O) groups is 2. The van der Waals surface area contributed by atoms with Gasteiger partial charge in [-0.1, -0.05) is 28.9 Å². The van der Waals surface area contributed by atoms with E-state index in [4.69, 9.17) is 25.6 Å². The van der Waals surface area contributed by atoms with E-state index in [2.05, 4.69) is 10.5 Å². The van der Waals surface area contributed by atoms with Crippen LogP contribution in [0.4, 0.5) is 10.2 Å². The van der Waals surface area contributed by atoms with E-state index in [-0.39, 0.29) is 33.5 Å². The molecule has 0 atom stereocenters. The first-order chi connectivity index (χ1) is 15.3. The van der Waals surface area contributed by atoms with Crippen molar-refractivity contribution in [1.29, 1.82) is 5.26 Å². The van der Waals surface area contributed by atoms with Crippen molar-refractivity contribution >= 4 is 35.4 Å². The number of carbonyl (C=O) groups excluding carboxylic acids is 2. The molecular weight excluding hydrogens is 441 g/mol. The molecule has 3 rings (SSSR count). The van der Waals surface area contributed by atoms with Crippen molar-refractivity contribution in [2.75, 3.05) is 12.4 Å². The van der Waals surface area contributed by atoms with Crippen LogP contribution >= 0.6 is 11.6 Å². The van der Waals surface area contributed by atoms with Crippen LogP contribution in [0.1, 0.15) is 21.7 Å². The molecule has 8 nitrogen and oxygen atoms in total. The normalized spacial score (nSPS) is 10.9. The van der Waals surface area contributed by atoms with E-state index in [0.29, 0.717) is 11.3 Å². The molecule has 0 aliphatic rings. The molecule has 0 saturated carbocycles. The van der Waals surface area contributed by atoms with Gasteiger partial charge in [0.2, 0.25) is 0 Å². The van der Waals surface area contributed by atoms with Gasteiger partial charge < -0.3 is 19.3 Å². The number of halogens is 2. The van der Waals surface area contributed by atoms with Gasteiger partial charge in [0, 0.05) is 6.07 Å². The van der Waals surface area contributed by atoms with Crippen LogP contribution in [0.5, 0.6) is 11.5 Å². The van der Waals surface area contributed by atoms with Gasteiger partial charge in [-0.15, -0.1) is 0 Å². The minimum Gasteiger partial charge on any atom is -0.493 e. The molecule has 1 amide bonds. The number of esters is 1.